The van der Waals surface area contributed by atoms with Gasteiger partial charge in [0.05, 0.1) is 36.2 Å². The fourth-order valence-corrected chi connectivity index (χ4v) is 6.47. The zero-order valence-corrected chi connectivity index (χ0v) is 21.2. The first-order valence-electron chi connectivity index (χ1n) is 13.2. The lowest BCUT2D eigenvalue weighted by Gasteiger charge is -2.66. The molecule has 2 bridgehead atoms. The van der Waals surface area contributed by atoms with Crippen molar-refractivity contribution in [2.75, 3.05) is 24.5 Å². The van der Waals surface area contributed by atoms with Crippen molar-refractivity contribution < 1.29 is 17.6 Å². The number of aromatic nitrogens is 6. The Bertz CT molecular complexity index is 1510. The fourth-order valence-electron chi connectivity index (χ4n) is 6.47. The molecule has 4 aliphatic rings. The first kappa shape index (κ1) is 24.5. The summed E-state index contributed by atoms with van der Waals surface area (Å²) in [6, 6.07) is 5.83. The molecule has 12 heteroatoms. The number of nitrogens with zero attached hydrogens (tertiary/aromatic N) is 7. The monoisotopic (exact) mass is 540 g/mol. The Morgan fingerprint density at radius 3 is 2.69 bits per heavy atom. The number of fused-ring (bicyclic) bond motifs is 1. The van der Waals surface area contributed by atoms with E-state index in [2.05, 4.69) is 25.6 Å². The lowest BCUT2D eigenvalue weighted by atomic mass is 9.42. The van der Waals surface area contributed by atoms with E-state index >= 15 is 0 Å². The van der Waals surface area contributed by atoms with Gasteiger partial charge in [-0.1, -0.05) is 11.3 Å². The van der Waals surface area contributed by atoms with E-state index in [0.29, 0.717) is 49.3 Å². The minimum Gasteiger partial charge on any atom is -0.370 e. The van der Waals surface area contributed by atoms with Gasteiger partial charge in [-0.05, 0) is 48.8 Å². The SMILES string of the molecule is FC12CC(CNCc3ccc4nc(Cn5cc(-c6cncc(N7CCC(C(F)(F)F)C7)c6)nn5)cn4c3)(C1)C2. The van der Waals surface area contributed by atoms with E-state index in [1.165, 1.54) is 0 Å². The van der Waals surface area contributed by atoms with Crippen LogP contribution in [-0.2, 0) is 13.1 Å². The zero-order valence-electron chi connectivity index (χ0n) is 21.2. The Balaban J connectivity index is 0.991. The highest BCUT2D eigenvalue weighted by Crippen LogP contribution is 2.69. The minimum absolute atomic E-state index is 0.0620. The van der Waals surface area contributed by atoms with Gasteiger partial charge in [0.2, 0.25) is 0 Å². The molecule has 0 amide bonds. The second-order valence-corrected chi connectivity index (χ2v) is 11.5. The van der Waals surface area contributed by atoms with E-state index in [9.17, 15) is 17.6 Å². The number of nitrogens with one attached hydrogen (secondary N) is 1. The maximum Gasteiger partial charge on any atom is 0.393 e. The number of imidazole rings is 1. The summed E-state index contributed by atoms with van der Waals surface area (Å²) in [7, 11) is 0. The summed E-state index contributed by atoms with van der Waals surface area (Å²) in [5.74, 6) is -1.32. The summed E-state index contributed by atoms with van der Waals surface area (Å²) in [6.45, 7) is 2.27. The Labute approximate surface area is 222 Å². The lowest BCUT2D eigenvalue weighted by Crippen LogP contribution is -2.67. The Morgan fingerprint density at radius 2 is 1.92 bits per heavy atom. The molecule has 8 nitrogen and oxygen atoms in total. The molecule has 1 aliphatic heterocycles. The average Bonchev–Trinajstić information content (AvgIpc) is 3.61. The molecule has 1 saturated heterocycles. The summed E-state index contributed by atoms with van der Waals surface area (Å²) < 4.78 is 56.7. The average molecular weight is 541 g/mol. The molecule has 3 saturated carbocycles. The molecule has 0 aromatic carbocycles. The summed E-state index contributed by atoms with van der Waals surface area (Å²) in [6.07, 6.45) is 7.01. The third-order valence-electron chi connectivity index (χ3n) is 8.37. The van der Waals surface area contributed by atoms with Crippen molar-refractivity contribution in [1.29, 1.82) is 0 Å². The summed E-state index contributed by atoms with van der Waals surface area (Å²) in [5.41, 5.74) is 4.03. The van der Waals surface area contributed by atoms with Crippen LogP contribution in [0.15, 0.2) is 49.2 Å². The number of hydrogen-bond acceptors (Lipinski definition) is 6. The predicted molar refractivity (Wildman–Crippen MR) is 136 cm³/mol. The molecule has 5 heterocycles. The van der Waals surface area contributed by atoms with Crippen LogP contribution in [0.2, 0.25) is 0 Å². The van der Waals surface area contributed by atoms with E-state index in [0.717, 1.165) is 30.0 Å². The summed E-state index contributed by atoms with van der Waals surface area (Å²) in [5, 5.41) is 12.0. The van der Waals surface area contributed by atoms with Crippen molar-refractivity contribution in [3.8, 4) is 11.3 Å². The van der Waals surface area contributed by atoms with Gasteiger partial charge in [-0.25, -0.2) is 14.1 Å². The molecule has 1 atom stereocenters. The summed E-state index contributed by atoms with van der Waals surface area (Å²) >= 11 is 0. The molecule has 0 spiro atoms. The van der Waals surface area contributed by atoms with Gasteiger partial charge in [-0.15, -0.1) is 5.10 Å². The number of rotatable bonds is 8. The number of alkyl halides is 4. The first-order valence-corrected chi connectivity index (χ1v) is 13.2. The van der Waals surface area contributed by atoms with Crippen molar-refractivity contribution in [3.63, 3.8) is 0 Å². The first-order chi connectivity index (χ1) is 18.7. The second kappa shape index (κ2) is 8.73. The Morgan fingerprint density at radius 1 is 1.08 bits per heavy atom. The number of anilines is 1. The molecular weight excluding hydrogens is 512 g/mol. The highest BCUT2D eigenvalue weighted by Gasteiger charge is 2.68. The van der Waals surface area contributed by atoms with Gasteiger partial charge in [0.1, 0.15) is 17.0 Å². The van der Waals surface area contributed by atoms with Crippen LogP contribution in [0.5, 0.6) is 0 Å². The van der Waals surface area contributed by atoms with Crippen LogP contribution in [0.3, 0.4) is 0 Å². The van der Waals surface area contributed by atoms with Gasteiger partial charge < -0.3 is 14.6 Å². The van der Waals surface area contributed by atoms with E-state index in [1.807, 2.05) is 35.0 Å². The Hall–Kier alpha value is -3.54. The van der Waals surface area contributed by atoms with Gasteiger partial charge in [0, 0.05) is 50.3 Å². The number of halogens is 4. The minimum atomic E-state index is -4.18. The summed E-state index contributed by atoms with van der Waals surface area (Å²) in [4.78, 5) is 10.6. The Kier molecular flexibility index (Phi) is 5.49. The standard InChI is InChI=1S/C27H28F4N8/c28-26-14-25(15-26,16-26)17-33-6-18-1-2-24-34-21(11-38(24)9-18)12-39-13-23(35-36-39)19-5-22(8-32-7-19)37-4-3-20(10-37)27(29,30)31/h1-2,5,7-9,11,13,20,33H,3-4,6,10,12,14-17H2. The van der Waals surface area contributed by atoms with Crippen molar-refractivity contribution in [2.24, 2.45) is 11.3 Å². The van der Waals surface area contributed by atoms with Crippen molar-refractivity contribution in [1.82, 2.24) is 34.7 Å². The van der Waals surface area contributed by atoms with Crippen LogP contribution >= 0.6 is 0 Å². The molecule has 4 aromatic heterocycles. The highest BCUT2D eigenvalue weighted by atomic mass is 19.4. The van der Waals surface area contributed by atoms with Gasteiger partial charge >= 0.3 is 6.18 Å². The van der Waals surface area contributed by atoms with E-state index in [-0.39, 0.29) is 18.4 Å². The quantitative estimate of drug-likeness (QED) is 0.334. The smallest absolute Gasteiger partial charge is 0.370 e. The molecule has 4 fully saturated rings. The van der Waals surface area contributed by atoms with Gasteiger partial charge in [-0.2, -0.15) is 13.2 Å². The molecule has 1 N–H and O–H groups in total. The van der Waals surface area contributed by atoms with E-state index < -0.39 is 17.8 Å². The van der Waals surface area contributed by atoms with Crippen LogP contribution in [-0.4, -0.2) is 60.8 Å². The van der Waals surface area contributed by atoms with Gasteiger partial charge in [-0.3, -0.25) is 4.98 Å². The number of hydrogen-bond donors (Lipinski definition) is 1. The zero-order chi connectivity index (χ0) is 26.8. The maximum atomic E-state index is 13.7. The maximum absolute atomic E-state index is 13.7. The molecule has 0 radical (unpaired) electrons. The van der Waals surface area contributed by atoms with Gasteiger partial charge in [0.15, 0.2) is 0 Å². The number of pyridine rings is 2. The van der Waals surface area contributed by atoms with Crippen LogP contribution in [0, 0.1) is 11.3 Å². The van der Waals surface area contributed by atoms with Crippen LogP contribution in [0.1, 0.15) is 36.9 Å². The topological polar surface area (TPSA) is 76.2 Å². The van der Waals surface area contributed by atoms with E-state index in [1.54, 1.807) is 28.2 Å². The molecule has 204 valence electrons. The highest BCUT2D eigenvalue weighted by molar-refractivity contribution is 5.63. The third kappa shape index (κ3) is 4.64. The van der Waals surface area contributed by atoms with Gasteiger partial charge in [0.25, 0.3) is 0 Å². The fraction of sp³-hybridized carbons (Fsp3) is 0.481. The van der Waals surface area contributed by atoms with Crippen LogP contribution < -0.4 is 10.2 Å². The molecule has 4 aromatic rings. The molecular formula is C27H28F4N8. The molecule has 3 aliphatic carbocycles. The third-order valence-corrected chi connectivity index (χ3v) is 8.37. The normalized spacial score (nSPS) is 26.2. The van der Waals surface area contributed by atoms with Crippen molar-refractivity contribution >= 4 is 11.3 Å². The lowest BCUT2D eigenvalue weighted by molar-refractivity contribution is -0.209. The van der Waals surface area contributed by atoms with E-state index in [4.69, 9.17) is 0 Å². The largest absolute Gasteiger partial charge is 0.393 e. The van der Waals surface area contributed by atoms with Crippen LogP contribution in [0.4, 0.5) is 23.2 Å². The van der Waals surface area contributed by atoms with Crippen molar-refractivity contribution in [2.45, 2.75) is 50.6 Å². The van der Waals surface area contributed by atoms with Crippen LogP contribution in [0.25, 0.3) is 16.9 Å². The molecule has 39 heavy (non-hydrogen) atoms. The second-order valence-electron chi connectivity index (χ2n) is 11.5. The molecule has 8 rings (SSSR count). The predicted octanol–water partition coefficient (Wildman–Crippen LogP) is 4.41. The molecule has 1 unspecified atom stereocenters. The van der Waals surface area contributed by atoms with Crippen molar-refractivity contribution in [3.05, 3.63) is 60.4 Å².